The van der Waals surface area contributed by atoms with Crippen molar-refractivity contribution in [1.29, 1.82) is 0 Å². The molecular formula is C23H30N2O5S. The molecule has 0 aromatic heterocycles. The Balaban J connectivity index is 1.62. The maximum Gasteiger partial charge on any atom is 0.232 e. The molecule has 8 heteroatoms. The van der Waals surface area contributed by atoms with Gasteiger partial charge in [0.1, 0.15) is 17.1 Å². The van der Waals surface area contributed by atoms with E-state index >= 15 is 0 Å². The van der Waals surface area contributed by atoms with Gasteiger partial charge in [-0.25, -0.2) is 8.42 Å². The molecule has 168 valence electrons. The Morgan fingerprint density at radius 1 is 1.19 bits per heavy atom. The molecule has 1 heterocycles. The molecule has 1 aliphatic heterocycles. The van der Waals surface area contributed by atoms with Gasteiger partial charge in [0.2, 0.25) is 15.9 Å². The molecule has 3 rings (SSSR count). The van der Waals surface area contributed by atoms with Gasteiger partial charge in [0.05, 0.1) is 25.1 Å². The number of anilines is 1. The summed E-state index contributed by atoms with van der Waals surface area (Å²) in [5.74, 6) is 1.32. The van der Waals surface area contributed by atoms with E-state index in [-0.39, 0.29) is 30.5 Å². The second-order valence-corrected chi connectivity index (χ2v) is 10.3. The molecule has 0 saturated carbocycles. The summed E-state index contributed by atoms with van der Waals surface area (Å²) in [5, 5.41) is 3.09. The number of amides is 1. The molecule has 2 aromatic rings. The molecule has 1 amide bonds. The number of rotatable bonds is 8. The van der Waals surface area contributed by atoms with Crippen LogP contribution in [0.25, 0.3) is 0 Å². The van der Waals surface area contributed by atoms with Crippen molar-refractivity contribution in [3.05, 3.63) is 54.1 Å². The van der Waals surface area contributed by atoms with Crippen LogP contribution < -0.4 is 19.1 Å². The average molecular weight is 447 g/mol. The second kappa shape index (κ2) is 9.18. The number of carbonyl (C=O) groups excluding carboxylic acids is 1. The molecule has 1 atom stereocenters. The van der Waals surface area contributed by atoms with Crippen LogP contribution in [-0.2, 0) is 14.8 Å². The first kappa shape index (κ1) is 22.9. The molecule has 7 nitrogen and oxygen atoms in total. The first-order valence-corrected chi connectivity index (χ1v) is 12.1. The molecule has 0 spiro atoms. The fourth-order valence-electron chi connectivity index (χ4n) is 3.82. The van der Waals surface area contributed by atoms with Crippen LogP contribution in [0.4, 0.5) is 5.69 Å². The highest BCUT2D eigenvalue weighted by Crippen LogP contribution is 2.39. The Morgan fingerprint density at radius 3 is 2.52 bits per heavy atom. The van der Waals surface area contributed by atoms with E-state index in [9.17, 15) is 13.2 Å². The van der Waals surface area contributed by atoms with Crippen LogP contribution in [-0.4, -0.2) is 39.8 Å². The number of methoxy groups -OCH3 is 1. The molecule has 31 heavy (non-hydrogen) atoms. The fourth-order valence-corrected chi connectivity index (χ4v) is 4.78. The van der Waals surface area contributed by atoms with E-state index < -0.39 is 10.0 Å². The minimum atomic E-state index is -3.47. The summed E-state index contributed by atoms with van der Waals surface area (Å²) >= 11 is 0. The number of benzene rings is 2. The van der Waals surface area contributed by atoms with Crippen LogP contribution in [0, 0.1) is 0 Å². The van der Waals surface area contributed by atoms with Gasteiger partial charge < -0.3 is 14.8 Å². The Bertz CT molecular complexity index is 1020. The molecule has 0 fully saturated rings. The quantitative estimate of drug-likeness (QED) is 0.669. The van der Waals surface area contributed by atoms with Crippen LogP contribution in [0.1, 0.15) is 44.7 Å². The van der Waals surface area contributed by atoms with Crippen LogP contribution in [0.2, 0.25) is 0 Å². The lowest BCUT2D eigenvalue weighted by molar-refractivity contribution is -0.122. The molecule has 1 unspecified atom stereocenters. The predicted octanol–water partition coefficient (Wildman–Crippen LogP) is 3.66. The van der Waals surface area contributed by atoms with Crippen LogP contribution in [0.15, 0.2) is 48.5 Å². The van der Waals surface area contributed by atoms with Crippen LogP contribution in [0.3, 0.4) is 0 Å². The largest absolute Gasteiger partial charge is 0.497 e. The summed E-state index contributed by atoms with van der Waals surface area (Å²) in [6.45, 7) is 4.22. The first-order valence-electron chi connectivity index (χ1n) is 10.3. The topological polar surface area (TPSA) is 84.9 Å². The number of nitrogens with one attached hydrogen (secondary N) is 1. The molecule has 1 N–H and O–H groups in total. The number of carbonyl (C=O) groups is 1. The molecular weight excluding hydrogens is 416 g/mol. The lowest BCUT2D eigenvalue weighted by Gasteiger charge is -2.37. The van der Waals surface area contributed by atoms with Crippen molar-refractivity contribution in [3.8, 4) is 11.5 Å². The SMILES string of the molecule is COc1ccc(N(CCCC(=O)NC2CC(C)(C)Oc3ccccc32)S(C)(=O)=O)cc1. The van der Waals surface area contributed by atoms with Crippen molar-refractivity contribution in [2.75, 3.05) is 24.2 Å². The number of hydrogen-bond donors (Lipinski definition) is 1. The zero-order valence-corrected chi connectivity index (χ0v) is 19.2. The van der Waals surface area contributed by atoms with E-state index in [1.54, 1.807) is 31.4 Å². The van der Waals surface area contributed by atoms with Gasteiger partial charge in [0.15, 0.2) is 0 Å². The summed E-state index contributed by atoms with van der Waals surface area (Å²) in [7, 11) is -1.92. The van der Waals surface area contributed by atoms with Crippen molar-refractivity contribution < 1.29 is 22.7 Å². The number of sulfonamides is 1. The third-order valence-corrected chi connectivity index (χ3v) is 6.43. The number of fused-ring (bicyclic) bond motifs is 1. The summed E-state index contributed by atoms with van der Waals surface area (Å²) < 4.78 is 37.0. The van der Waals surface area contributed by atoms with E-state index in [0.29, 0.717) is 24.3 Å². The Hall–Kier alpha value is -2.74. The third-order valence-electron chi connectivity index (χ3n) is 5.24. The number of nitrogens with zero attached hydrogens (tertiary/aromatic N) is 1. The minimum Gasteiger partial charge on any atom is -0.497 e. The standard InChI is InChI=1S/C23H30N2O5S/c1-23(2)16-20(19-8-5-6-9-21(19)30-23)24-22(26)10-7-15-25(31(4,27)28)17-11-13-18(29-3)14-12-17/h5-6,8-9,11-14,20H,7,10,15-16H2,1-4H3,(H,24,26). The van der Waals surface area contributed by atoms with E-state index in [2.05, 4.69) is 5.32 Å². The maximum absolute atomic E-state index is 12.6. The van der Waals surface area contributed by atoms with E-state index in [4.69, 9.17) is 9.47 Å². The first-order chi connectivity index (χ1) is 14.6. The van der Waals surface area contributed by atoms with Gasteiger partial charge in [0.25, 0.3) is 0 Å². The molecule has 0 bridgehead atoms. The van der Waals surface area contributed by atoms with E-state index in [0.717, 1.165) is 11.3 Å². The summed E-state index contributed by atoms with van der Waals surface area (Å²) in [5.41, 5.74) is 1.13. The van der Waals surface area contributed by atoms with Crippen molar-refractivity contribution in [2.24, 2.45) is 0 Å². The van der Waals surface area contributed by atoms with Gasteiger partial charge in [-0.3, -0.25) is 9.10 Å². The highest BCUT2D eigenvalue weighted by Gasteiger charge is 2.34. The third kappa shape index (κ3) is 5.91. The van der Waals surface area contributed by atoms with E-state index in [1.165, 1.54) is 10.6 Å². The highest BCUT2D eigenvalue weighted by atomic mass is 32.2. The minimum absolute atomic E-state index is 0.110. The van der Waals surface area contributed by atoms with Gasteiger partial charge in [-0.05, 0) is 50.6 Å². The zero-order chi connectivity index (χ0) is 22.6. The zero-order valence-electron chi connectivity index (χ0n) is 18.4. The van der Waals surface area contributed by atoms with Crippen molar-refractivity contribution in [2.45, 2.75) is 44.8 Å². The van der Waals surface area contributed by atoms with E-state index in [1.807, 2.05) is 38.1 Å². The summed E-state index contributed by atoms with van der Waals surface area (Å²) in [6, 6.07) is 14.4. The summed E-state index contributed by atoms with van der Waals surface area (Å²) in [6.07, 6.45) is 2.46. The Morgan fingerprint density at radius 2 is 1.87 bits per heavy atom. The number of para-hydroxylation sites is 1. The van der Waals surface area contributed by atoms with Gasteiger partial charge in [-0.1, -0.05) is 18.2 Å². The molecule has 1 aliphatic rings. The van der Waals surface area contributed by atoms with Gasteiger partial charge in [0, 0.05) is 24.9 Å². The average Bonchev–Trinajstić information content (AvgIpc) is 2.69. The van der Waals surface area contributed by atoms with Crippen LogP contribution in [0.5, 0.6) is 11.5 Å². The van der Waals surface area contributed by atoms with Crippen molar-refractivity contribution >= 4 is 21.6 Å². The molecule has 2 aromatic carbocycles. The Labute approximate surface area is 184 Å². The van der Waals surface area contributed by atoms with Gasteiger partial charge >= 0.3 is 0 Å². The van der Waals surface area contributed by atoms with Gasteiger partial charge in [-0.2, -0.15) is 0 Å². The molecule has 0 saturated heterocycles. The number of hydrogen-bond acceptors (Lipinski definition) is 5. The molecule has 0 radical (unpaired) electrons. The molecule has 0 aliphatic carbocycles. The summed E-state index contributed by atoms with van der Waals surface area (Å²) in [4.78, 5) is 12.6. The monoisotopic (exact) mass is 446 g/mol. The lowest BCUT2D eigenvalue weighted by atomic mass is 9.89. The van der Waals surface area contributed by atoms with Gasteiger partial charge in [-0.15, -0.1) is 0 Å². The van der Waals surface area contributed by atoms with Crippen LogP contribution >= 0.6 is 0 Å². The predicted molar refractivity (Wildman–Crippen MR) is 121 cm³/mol. The Kier molecular flexibility index (Phi) is 6.79. The van der Waals surface area contributed by atoms with Crippen molar-refractivity contribution in [1.82, 2.24) is 5.32 Å². The normalized spacial score (nSPS) is 17.2. The smallest absolute Gasteiger partial charge is 0.232 e. The van der Waals surface area contributed by atoms with Crippen molar-refractivity contribution in [3.63, 3.8) is 0 Å². The maximum atomic E-state index is 12.6. The second-order valence-electron chi connectivity index (χ2n) is 8.36. The number of ether oxygens (including phenoxy) is 2. The fraction of sp³-hybridized carbons (Fsp3) is 0.435. The highest BCUT2D eigenvalue weighted by molar-refractivity contribution is 7.92. The lowest BCUT2D eigenvalue weighted by Crippen LogP contribution is -2.41.